The third kappa shape index (κ3) is 3.31. The van der Waals surface area contributed by atoms with Crippen LogP contribution in [-0.4, -0.2) is 5.78 Å². The van der Waals surface area contributed by atoms with E-state index in [1.165, 1.54) is 33.2 Å². The summed E-state index contributed by atoms with van der Waals surface area (Å²) in [5.74, 6) is 0.146. The number of hydrogen-bond donors (Lipinski definition) is 0. The van der Waals surface area contributed by atoms with Crippen LogP contribution in [0.15, 0.2) is 78.9 Å². The highest BCUT2D eigenvalue weighted by atomic mass is 16.1. The standard InChI is InChI=1S/C33H30NO/c1-4-21-11-13-23(14-12-21)19-24-16-18-29-32-30(24)33(35)26-10-8-7-9-25(26)31(32)27-20-22(5-2)15-17-28(27)34(29)6-3/h7-18,20H,4-6,19H2,1-3H3/q+1. The van der Waals surface area contributed by atoms with Gasteiger partial charge < -0.3 is 0 Å². The fourth-order valence-electron chi connectivity index (χ4n) is 5.79. The molecule has 0 saturated heterocycles. The van der Waals surface area contributed by atoms with E-state index in [4.69, 9.17) is 0 Å². The number of nitrogens with zero attached hydrogens (tertiary/aromatic N) is 1. The van der Waals surface area contributed by atoms with Crippen molar-refractivity contribution < 1.29 is 9.36 Å². The number of carbonyl (C=O) groups excluding carboxylic acids is 1. The lowest BCUT2D eigenvalue weighted by Gasteiger charge is -2.23. The van der Waals surface area contributed by atoms with Crippen molar-refractivity contribution in [1.82, 2.24) is 0 Å². The Hall–Kier alpha value is -3.78. The lowest BCUT2D eigenvalue weighted by molar-refractivity contribution is -0.641. The zero-order valence-electron chi connectivity index (χ0n) is 20.7. The molecule has 1 heterocycles. The molecule has 2 heteroatoms. The van der Waals surface area contributed by atoms with Gasteiger partial charge in [0, 0.05) is 28.8 Å². The second kappa shape index (κ2) is 8.46. The molecule has 2 nitrogen and oxygen atoms in total. The molecule has 0 bridgehead atoms. The minimum atomic E-state index is 0.146. The zero-order chi connectivity index (χ0) is 24.1. The summed E-state index contributed by atoms with van der Waals surface area (Å²) in [6.45, 7) is 7.42. The Labute approximate surface area is 206 Å². The second-order valence-electron chi connectivity index (χ2n) is 9.54. The fraction of sp³-hybridized carbons (Fsp3) is 0.212. The average Bonchev–Trinajstić information content (AvgIpc) is 2.91. The zero-order valence-corrected chi connectivity index (χ0v) is 20.7. The Morgan fingerprint density at radius 3 is 2.03 bits per heavy atom. The lowest BCUT2D eigenvalue weighted by Crippen LogP contribution is -2.35. The number of benzene rings is 4. The van der Waals surface area contributed by atoms with Gasteiger partial charge in [-0.1, -0.05) is 74.5 Å². The van der Waals surface area contributed by atoms with E-state index in [1.807, 2.05) is 12.1 Å². The highest BCUT2D eigenvalue weighted by Crippen LogP contribution is 2.44. The normalized spacial score (nSPS) is 12.4. The van der Waals surface area contributed by atoms with Crippen molar-refractivity contribution in [3.8, 4) is 11.1 Å². The Kier molecular flexibility index (Phi) is 5.25. The van der Waals surface area contributed by atoms with Crippen LogP contribution in [0, 0.1) is 0 Å². The van der Waals surface area contributed by atoms with Crippen molar-refractivity contribution >= 4 is 27.6 Å². The van der Waals surface area contributed by atoms with Crippen molar-refractivity contribution in [2.45, 2.75) is 46.6 Å². The summed E-state index contributed by atoms with van der Waals surface area (Å²) in [7, 11) is 0. The SMILES string of the molecule is CCc1ccc(Cc2ccc3c4c2C(=O)c2ccccc2-c4c2cc(CC)ccc2[n+]3CC)cc1. The highest BCUT2D eigenvalue weighted by Gasteiger charge is 2.33. The third-order valence-corrected chi connectivity index (χ3v) is 7.65. The topological polar surface area (TPSA) is 20.9 Å². The van der Waals surface area contributed by atoms with E-state index in [9.17, 15) is 4.79 Å². The number of fused-ring (bicyclic) bond motifs is 4. The van der Waals surface area contributed by atoms with E-state index >= 15 is 0 Å². The van der Waals surface area contributed by atoms with Gasteiger partial charge in [-0.15, -0.1) is 0 Å². The maximum Gasteiger partial charge on any atom is 0.214 e. The summed E-state index contributed by atoms with van der Waals surface area (Å²) < 4.78 is 2.37. The van der Waals surface area contributed by atoms with Crippen molar-refractivity contribution in [2.75, 3.05) is 0 Å². The molecule has 1 aliphatic carbocycles. The first-order valence-electron chi connectivity index (χ1n) is 12.8. The quantitative estimate of drug-likeness (QED) is 0.198. The molecule has 0 fully saturated rings. The third-order valence-electron chi connectivity index (χ3n) is 7.65. The Morgan fingerprint density at radius 1 is 0.657 bits per heavy atom. The summed E-state index contributed by atoms with van der Waals surface area (Å²) in [6, 6.07) is 28.2. The molecular weight excluding hydrogens is 426 g/mol. The van der Waals surface area contributed by atoms with Crippen LogP contribution >= 0.6 is 0 Å². The summed E-state index contributed by atoms with van der Waals surface area (Å²) in [5.41, 5.74) is 11.3. The van der Waals surface area contributed by atoms with Crippen LogP contribution in [0.2, 0.25) is 0 Å². The molecule has 0 spiro atoms. The molecule has 5 aromatic rings. The molecule has 0 saturated carbocycles. The van der Waals surface area contributed by atoms with Crippen molar-refractivity contribution in [3.63, 3.8) is 0 Å². The van der Waals surface area contributed by atoms with E-state index in [1.54, 1.807) is 0 Å². The van der Waals surface area contributed by atoms with Crippen LogP contribution in [0.1, 0.15) is 58.9 Å². The molecular formula is C33H30NO+. The first kappa shape index (κ1) is 21.7. The van der Waals surface area contributed by atoms with Gasteiger partial charge in [0.25, 0.3) is 0 Å². The van der Waals surface area contributed by atoms with Gasteiger partial charge in [0.15, 0.2) is 5.78 Å². The van der Waals surface area contributed by atoms with Gasteiger partial charge in [0.05, 0.1) is 10.8 Å². The van der Waals surface area contributed by atoms with Gasteiger partial charge in [0.1, 0.15) is 6.54 Å². The summed E-state index contributed by atoms with van der Waals surface area (Å²) in [6.07, 6.45) is 2.77. The number of carbonyl (C=O) groups is 1. The molecule has 0 atom stereocenters. The van der Waals surface area contributed by atoms with Gasteiger partial charge in [0.2, 0.25) is 11.0 Å². The largest absolute Gasteiger partial charge is 0.289 e. The summed E-state index contributed by atoms with van der Waals surface area (Å²) in [5, 5.41) is 2.35. The van der Waals surface area contributed by atoms with Gasteiger partial charge in [-0.25, -0.2) is 0 Å². The van der Waals surface area contributed by atoms with E-state index in [-0.39, 0.29) is 5.78 Å². The van der Waals surface area contributed by atoms with Crippen LogP contribution in [0.5, 0.6) is 0 Å². The van der Waals surface area contributed by atoms with Crippen LogP contribution in [0.4, 0.5) is 0 Å². The second-order valence-corrected chi connectivity index (χ2v) is 9.54. The Bertz CT molecular complexity index is 1630. The summed E-state index contributed by atoms with van der Waals surface area (Å²) in [4.78, 5) is 14.1. The number of hydrogen-bond acceptors (Lipinski definition) is 1. The molecule has 172 valence electrons. The predicted molar refractivity (Wildman–Crippen MR) is 144 cm³/mol. The van der Waals surface area contributed by atoms with Gasteiger partial charge >= 0.3 is 0 Å². The van der Waals surface area contributed by atoms with Gasteiger partial charge in [-0.3, -0.25) is 4.79 Å². The molecule has 0 unspecified atom stereocenters. The first-order chi connectivity index (χ1) is 17.1. The number of aryl methyl sites for hydroxylation is 3. The first-order valence-corrected chi connectivity index (χ1v) is 12.8. The van der Waals surface area contributed by atoms with Crippen LogP contribution in [0.3, 0.4) is 0 Å². The summed E-state index contributed by atoms with van der Waals surface area (Å²) >= 11 is 0. The number of ketones is 1. The van der Waals surface area contributed by atoms with Crippen molar-refractivity contribution in [3.05, 3.63) is 112 Å². The maximum absolute atomic E-state index is 14.1. The minimum Gasteiger partial charge on any atom is -0.289 e. The molecule has 1 aliphatic rings. The lowest BCUT2D eigenvalue weighted by atomic mass is 9.79. The molecule has 0 radical (unpaired) electrons. The van der Waals surface area contributed by atoms with Crippen molar-refractivity contribution in [1.29, 1.82) is 0 Å². The van der Waals surface area contributed by atoms with E-state index in [2.05, 4.69) is 92.1 Å². The molecule has 35 heavy (non-hydrogen) atoms. The Morgan fingerprint density at radius 2 is 1.31 bits per heavy atom. The molecule has 0 N–H and O–H groups in total. The molecule has 6 rings (SSSR count). The van der Waals surface area contributed by atoms with E-state index in [0.29, 0.717) is 0 Å². The average molecular weight is 457 g/mol. The minimum absolute atomic E-state index is 0.146. The van der Waals surface area contributed by atoms with Crippen LogP contribution < -0.4 is 4.57 Å². The van der Waals surface area contributed by atoms with Crippen LogP contribution in [0.25, 0.3) is 32.9 Å². The van der Waals surface area contributed by atoms with Gasteiger partial charge in [-0.2, -0.15) is 4.57 Å². The predicted octanol–water partition coefficient (Wildman–Crippen LogP) is 7.23. The molecule has 1 aromatic heterocycles. The number of pyridine rings is 1. The fourth-order valence-corrected chi connectivity index (χ4v) is 5.79. The van der Waals surface area contributed by atoms with Crippen LogP contribution in [-0.2, 0) is 25.8 Å². The number of rotatable bonds is 5. The molecule has 4 aromatic carbocycles. The monoisotopic (exact) mass is 456 g/mol. The Balaban J connectivity index is 1.72. The van der Waals surface area contributed by atoms with Crippen molar-refractivity contribution in [2.24, 2.45) is 0 Å². The van der Waals surface area contributed by atoms with Gasteiger partial charge in [-0.05, 0) is 60.1 Å². The van der Waals surface area contributed by atoms with E-state index in [0.717, 1.165) is 59.0 Å². The number of aromatic nitrogens is 1. The molecule has 0 aliphatic heterocycles. The maximum atomic E-state index is 14.1. The van der Waals surface area contributed by atoms with E-state index < -0.39 is 0 Å². The smallest absolute Gasteiger partial charge is 0.214 e. The highest BCUT2D eigenvalue weighted by molar-refractivity contribution is 6.28. The molecule has 0 amide bonds.